The molecule has 2 aromatic carbocycles. The van der Waals surface area contributed by atoms with E-state index in [1.54, 1.807) is 41.3 Å². The maximum atomic E-state index is 12.9. The SMILES string of the molecule is CCCOc1ccc(S(=O)(=O)Nc2ccc3c(c2)CCN3C(=O)c2cccs2)cc1C. The topological polar surface area (TPSA) is 75.7 Å². The molecule has 1 aliphatic heterocycles. The monoisotopic (exact) mass is 456 g/mol. The average Bonchev–Trinajstić information content (AvgIpc) is 3.42. The third kappa shape index (κ3) is 4.45. The van der Waals surface area contributed by atoms with Crippen LogP contribution in [0.2, 0.25) is 0 Å². The number of hydrogen-bond donors (Lipinski definition) is 1. The Morgan fingerprint density at radius 1 is 1.19 bits per heavy atom. The van der Waals surface area contributed by atoms with E-state index in [4.69, 9.17) is 4.74 Å². The summed E-state index contributed by atoms with van der Waals surface area (Å²) in [6, 6.07) is 13.8. The molecule has 0 spiro atoms. The largest absolute Gasteiger partial charge is 0.493 e. The fraction of sp³-hybridized carbons (Fsp3) is 0.261. The number of nitrogens with one attached hydrogen (secondary N) is 1. The van der Waals surface area contributed by atoms with Gasteiger partial charge in [0.1, 0.15) is 5.75 Å². The van der Waals surface area contributed by atoms with Crippen LogP contribution < -0.4 is 14.4 Å². The molecule has 2 heterocycles. The highest BCUT2D eigenvalue weighted by Gasteiger charge is 2.27. The minimum absolute atomic E-state index is 0.0251. The third-order valence-electron chi connectivity index (χ3n) is 5.12. The number of hydrogen-bond acceptors (Lipinski definition) is 5. The summed E-state index contributed by atoms with van der Waals surface area (Å²) in [5, 5.41) is 1.88. The van der Waals surface area contributed by atoms with Gasteiger partial charge in [0.2, 0.25) is 0 Å². The van der Waals surface area contributed by atoms with Gasteiger partial charge in [-0.2, -0.15) is 0 Å². The minimum atomic E-state index is -3.74. The van der Waals surface area contributed by atoms with Crippen molar-refractivity contribution >= 4 is 38.6 Å². The molecular weight excluding hydrogens is 432 g/mol. The highest BCUT2D eigenvalue weighted by atomic mass is 32.2. The number of carbonyl (C=O) groups is 1. The predicted molar refractivity (Wildman–Crippen MR) is 124 cm³/mol. The second kappa shape index (κ2) is 8.72. The molecule has 1 aliphatic rings. The number of rotatable bonds is 7. The van der Waals surface area contributed by atoms with Crippen molar-refractivity contribution in [3.63, 3.8) is 0 Å². The van der Waals surface area contributed by atoms with Gasteiger partial charge in [0.05, 0.1) is 16.4 Å². The molecule has 6 nitrogen and oxygen atoms in total. The van der Waals surface area contributed by atoms with Crippen molar-refractivity contribution in [2.45, 2.75) is 31.6 Å². The van der Waals surface area contributed by atoms with Gasteiger partial charge in [0.25, 0.3) is 15.9 Å². The molecule has 0 fully saturated rings. The number of amides is 1. The summed E-state index contributed by atoms with van der Waals surface area (Å²) in [5.74, 6) is 0.664. The van der Waals surface area contributed by atoms with Crippen molar-refractivity contribution in [1.82, 2.24) is 0 Å². The molecule has 0 atom stereocenters. The Bertz CT molecular complexity index is 1200. The zero-order valence-corrected chi connectivity index (χ0v) is 19.1. The van der Waals surface area contributed by atoms with Crippen molar-refractivity contribution in [1.29, 1.82) is 0 Å². The molecule has 0 saturated carbocycles. The van der Waals surface area contributed by atoms with Crippen LogP contribution in [0, 0.1) is 6.92 Å². The summed E-state index contributed by atoms with van der Waals surface area (Å²) in [4.78, 5) is 15.3. The van der Waals surface area contributed by atoms with Crippen LogP contribution in [0.4, 0.5) is 11.4 Å². The van der Waals surface area contributed by atoms with Crippen LogP contribution in [0.3, 0.4) is 0 Å². The normalized spacial score (nSPS) is 13.2. The third-order valence-corrected chi connectivity index (χ3v) is 7.36. The fourth-order valence-electron chi connectivity index (χ4n) is 3.59. The smallest absolute Gasteiger partial charge is 0.268 e. The Labute approximate surface area is 186 Å². The number of sulfonamides is 1. The van der Waals surface area contributed by atoms with E-state index in [-0.39, 0.29) is 10.8 Å². The lowest BCUT2D eigenvalue weighted by atomic mass is 10.1. The number of fused-ring (bicyclic) bond motifs is 1. The summed E-state index contributed by atoms with van der Waals surface area (Å²) in [6.07, 6.45) is 1.57. The van der Waals surface area contributed by atoms with Gasteiger partial charge in [0.15, 0.2) is 0 Å². The van der Waals surface area contributed by atoms with Crippen LogP contribution in [-0.4, -0.2) is 27.5 Å². The molecule has 1 amide bonds. The first-order valence-corrected chi connectivity index (χ1v) is 12.5. The van der Waals surface area contributed by atoms with Crippen molar-refractivity contribution in [3.05, 3.63) is 69.9 Å². The van der Waals surface area contributed by atoms with Gasteiger partial charge >= 0.3 is 0 Å². The predicted octanol–water partition coefficient (Wildman–Crippen LogP) is 4.85. The van der Waals surface area contributed by atoms with Crippen molar-refractivity contribution < 1.29 is 17.9 Å². The van der Waals surface area contributed by atoms with E-state index >= 15 is 0 Å². The van der Waals surface area contributed by atoms with Crippen molar-refractivity contribution in [2.75, 3.05) is 22.8 Å². The molecule has 4 rings (SSSR count). The zero-order chi connectivity index (χ0) is 22.0. The van der Waals surface area contributed by atoms with Crippen LogP contribution in [-0.2, 0) is 16.4 Å². The molecule has 0 unspecified atom stereocenters. The minimum Gasteiger partial charge on any atom is -0.493 e. The van der Waals surface area contributed by atoms with Gasteiger partial charge < -0.3 is 9.64 Å². The molecule has 31 heavy (non-hydrogen) atoms. The van der Waals surface area contributed by atoms with Gasteiger partial charge in [-0.3, -0.25) is 9.52 Å². The lowest BCUT2D eigenvalue weighted by Gasteiger charge is -2.17. The maximum Gasteiger partial charge on any atom is 0.268 e. The Balaban J connectivity index is 1.52. The van der Waals surface area contributed by atoms with Crippen molar-refractivity contribution in [3.8, 4) is 5.75 Å². The second-order valence-corrected chi connectivity index (χ2v) is 10.0. The number of benzene rings is 2. The van der Waals surface area contributed by atoms with Gasteiger partial charge in [-0.05, 0) is 78.7 Å². The van der Waals surface area contributed by atoms with E-state index in [1.165, 1.54) is 11.3 Å². The van der Waals surface area contributed by atoms with Gasteiger partial charge in [-0.1, -0.05) is 13.0 Å². The molecule has 1 N–H and O–H groups in total. The maximum absolute atomic E-state index is 12.9. The standard InChI is InChI=1S/C23H24N2O4S2/c1-3-12-29-21-9-7-19(14-16(21)2)31(27,28)24-18-6-8-20-17(15-18)10-11-25(20)23(26)22-5-4-13-30-22/h4-9,13-15,24H,3,10-12H2,1-2H3. The Hall–Kier alpha value is -2.84. The highest BCUT2D eigenvalue weighted by Crippen LogP contribution is 2.33. The molecule has 8 heteroatoms. The van der Waals surface area contributed by atoms with E-state index < -0.39 is 10.0 Å². The average molecular weight is 457 g/mol. The summed E-state index contributed by atoms with van der Waals surface area (Å²) < 4.78 is 34.1. The second-order valence-electron chi connectivity index (χ2n) is 7.41. The van der Waals surface area contributed by atoms with E-state index in [0.717, 1.165) is 23.2 Å². The quantitative estimate of drug-likeness (QED) is 0.551. The Kier molecular flexibility index (Phi) is 6.02. The first-order chi connectivity index (χ1) is 14.9. The molecule has 0 aliphatic carbocycles. The number of carbonyl (C=O) groups excluding carboxylic acids is 1. The van der Waals surface area contributed by atoms with E-state index in [1.807, 2.05) is 31.4 Å². The van der Waals surface area contributed by atoms with Gasteiger partial charge in [-0.25, -0.2) is 8.42 Å². The number of anilines is 2. The molecule has 0 bridgehead atoms. The molecule has 0 radical (unpaired) electrons. The molecule has 1 aromatic heterocycles. The van der Waals surface area contributed by atoms with Gasteiger partial charge in [-0.15, -0.1) is 11.3 Å². The Morgan fingerprint density at radius 3 is 2.74 bits per heavy atom. The lowest BCUT2D eigenvalue weighted by Crippen LogP contribution is -2.28. The number of ether oxygens (including phenoxy) is 1. The van der Waals surface area contributed by atoms with E-state index in [0.29, 0.717) is 35.9 Å². The lowest BCUT2D eigenvalue weighted by molar-refractivity contribution is 0.0993. The first kappa shape index (κ1) is 21.4. The number of aryl methyl sites for hydroxylation is 1. The Morgan fingerprint density at radius 2 is 2.03 bits per heavy atom. The fourth-order valence-corrected chi connectivity index (χ4v) is 5.39. The van der Waals surface area contributed by atoms with Gasteiger partial charge in [0, 0.05) is 17.9 Å². The molecular formula is C23H24N2O4S2. The van der Waals surface area contributed by atoms with E-state index in [9.17, 15) is 13.2 Å². The number of nitrogens with zero attached hydrogens (tertiary/aromatic N) is 1. The first-order valence-electron chi connectivity index (χ1n) is 10.1. The molecule has 162 valence electrons. The summed E-state index contributed by atoms with van der Waals surface area (Å²) in [7, 11) is -3.74. The van der Waals surface area contributed by atoms with Crippen LogP contribution in [0.1, 0.15) is 34.1 Å². The van der Waals surface area contributed by atoms with Crippen LogP contribution >= 0.6 is 11.3 Å². The highest BCUT2D eigenvalue weighted by molar-refractivity contribution is 7.92. The van der Waals surface area contributed by atoms with Crippen LogP contribution in [0.5, 0.6) is 5.75 Å². The summed E-state index contributed by atoms with van der Waals surface area (Å²) in [5.41, 5.74) is 3.03. The van der Waals surface area contributed by atoms with Crippen LogP contribution in [0.15, 0.2) is 58.8 Å². The van der Waals surface area contributed by atoms with Crippen molar-refractivity contribution in [2.24, 2.45) is 0 Å². The summed E-state index contributed by atoms with van der Waals surface area (Å²) >= 11 is 1.42. The number of thiophene rings is 1. The zero-order valence-electron chi connectivity index (χ0n) is 17.4. The molecule has 3 aromatic rings. The summed E-state index contributed by atoms with van der Waals surface area (Å²) in [6.45, 7) is 5.03. The van der Waals surface area contributed by atoms with Crippen LogP contribution in [0.25, 0.3) is 0 Å². The van der Waals surface area contributed by atoms with E-state index in [2.05, 4.69) is 4.72 Å². The molecule has 0 saturated heterocycles.